The molecule has 6 rings (SSSR count). The molecular weight excluding hydrogens is 456 g/mol. The molecule has 2 bridgehead atoms. The van der Waals surface area contributed by atoms with Crippen molar-refractivity contribution in [1.29, 1.82) is 0 Å². The lowest BCUT2D eigenvalue weighted by Gasteiger charge is -2.63. The summed E-state index contributed by atoms with van der Waals surface area (Å²) in [6, 6.07) is 0. The molecule has 35 heavy (non-hydrogen) atoms. The number of rotatable bonds is 2. The zero-order valence-electron chi connectivity index (χ0n) is 23.6. The maximum atomic E-state index is 7.47. The Morgan fingerprint density at radius 1 is 0.829 bits per heavy atom. The SMILES string of the molecule is CC1(C)OC[C@]2(CC[C@]34C[C@H]2[C@H](O[Si](C)(C)C(C)(C)C)[C@@H]3CC[C@@H]2CC3(CC[C@@]24C)OCCO3)O1. The normalized spacial score (nSPS) is 48.3. The van der Waals surface area contributed by atoms with Crippen LogP contribution in [-0.4, -0.2) is 51.4 Å². The lowest BCUT2D eigenvalue weighted by atomic mass is 9.43. The van der Waals surface area contributed by atoms with E-state index >= 15 is 0 Å². The van der Waals surface area contributed by atoms with Crippen LogP contribution in [0.4, 0.5) is 0 Å². The van der Waals surface area contributed by atoms with Crippen LogP contribution in [0.25, 0.3) is 0 Å². The maximum Gasteiger partial charge on any atom is 0.192 e. The van der Waals surface area contributed by atoms with Crippen LogP contribution in [0.15, 0.2) is 0 Å². The Bertz CT molecular complexity index is 860. The molecule has 0 aromatic heterocycles. The van der Waals surface area contributed by atoms with Crippen LogP contribution in [0.2, 0.25) is 18.1 Å². The molecule has 2 aliphatic heterocycles. The summed E-state index contributed by atoms with van der Waals surface area (Å²) in [5.74, 6) is 0.909. The largest absolute Gasteiger partial charge is 0.413 e. The van der Waals surface area contributed by atoms with Gasteiger partial charge in [0.2, 0.25) is 0 Å². The van der Waals surface area contributed by atoms with E-state index in [0.29, 0.717) is 28.6 Å². The Morgan fingerprint density at radius 3 is 2.17 bits per heavy atom. The van der Waals surface area contributed by atoms with Gasteiger partial charge in [0, 0.05) is 18.8 Å². The lowest BCUT2D eigenvalue weighted by Crippen LogP contribution is -2.59. The standard InChI is InChI=1S/C29H50O5Si/c1-24(2,3)35(7,8)33-23-21-10-9-20-17-29(30-15-16-31-29)14-11-26(20,6)27(21)12-13-28(22(23)18-27)19-32-25(4,5)34-28/h20-23H,9-19H2,1-8H3/t20-,21+,22+,23-,26+,27+,28+/m1/s1. The van der Waals surface area contributed by atoms with Crippen molar-refractivity contribution in [2.24, 2.45) is 28.6 Å². The van der Waals surface area contributed by atoms with Crippen molar-refractivity contribution in [3.05, 3.63) is 0 Å². The molecule has 0 radical (unpaired) electrons. The quantitative estimate of drug-likeness (QED) is 0.392. The molecule has 6 heteroatoms. The van der Waals surface area contributed by atoms with Crippen molar-refractivity contribution in [2.45, 2.75) is 134 Å². The third kappa shape index (κ3) is 3.49. The molecule has 0 aromatic carbocycles. The van der Waals surface area contributed by atoms with Crippen LogP contribution in [-0.2, 0) is 23.4 Å². The van der Waals surface area contributed by atoms with Crippen LogP contribution in [0.5, 0.6) is 0 Å². The van der Waals surface area contributed by atoms with Gasteiger partial charge in [-0.25, -0.2) is 0 Å². The van der Waals surface area contributed by atoms with E-state index in [1.807, 2.05) is 0 Å². The third-order valence-electron chi connectivity index (χ3n) is 12.4. The number of fused-ring (bicyclic) bond motifs is 3. The van der Waals surface area contributed by atoms with Crippen LogP contribution in [0.1, 0.15) is 92.9 Å². The highest BCUT2D eigenvalue weighted by atomic mass is 28.4. The van der Waals surface area contributed by atoms with Crippen LogP contribution >= 0.6 is 0 Å². The Labute approximate surface area is 214 Å². The van der Waals surface area contributed by atoms with E-state index in [0.717, 1.165) is 39.1 Å². The maximum absolute atomic E-state index is 7.47. The van der Waals surface area contributed by atoms with E-state index in [1.54, 1.807) is 0 Å². The molecule has 7 atom stereocenters. The van der Waals surface area contributed by atoms with Crippen LogP contribution in [0.3, 0.4) is 0 Å². The van der Waals surface area contributed by atoms with Crippen molar-refractivity contribution >= 4 is 8.32 Å². The van der Waals surface area contributed by atoms with Gasteiger partial charge in [0.15, 0.2) is 19.9 Å². The van der Waals surface area contributed by atoms with Crippen molar-refractivity contribution < 1.29 is 23.4 Å². The number of hydrogen-bond donors (Lipinski definition) is 0. The highest BCUT2D eigenvalue weighted by molar-refractivity contribution is 6.74. The summed E-state index contributed by atoms with van der Waals surface area (Å²) in [6.45, 7) is 21.1. The summed E-state index contributed by atoms with van der Waals surface area (Å²) in [6.07, 6.45) is 9.75. The molecule has 0 unspecified atom stereocenters. The van der Waals surface area contributed by atoms with Gasteiger partial charge < -0.3 is 23.4 Å². The van der Waals surface area contributed by atoms with E-state index in [-0.39, 0.29) is 22.5 Å². The summed E-state index contributed by atoms with van der Waals surface area (Å²) in [5, 5.41) is 0.200. The van der Waals surface area contributed by atoms with Crippen LogP contribution < -0.4 is 0 Å². The van der Waals surface area contributed by atoms with Gasteiger partial charge in [0.05, 0.1) is 25.9 Å². The molecule has 200 valence electrons. The molecular formula is C29H50O5Si. The summed E-state index contributed by atoms with van der Waals surface area (Å²) < 4.78 is 33.1. The molecule has 6 fully saturated rings. The zero-order valence-corrected chi connectivity index (χ0v) is 24.6. The lowest BCUT2D eigenvalue weighted by molar-refractivity contribution is -0.243. The molecule has 4 aliphatic carbocycles. The highest BCUT2D eigenvalue weighted by Gasteiger charge is 2.74. The number of ether oxygens (including phenoxy) is 4. The van der Waals surface area contributed by atoms with Gasteiger partial charge in [0.25, 0.3) is 0 Å². The molecule has 2 saturated heterocycles. The molecule has 0 amide bonds. The van der Waals surface area contributed by atoms with Gasteiger partial charge in [-0.1, -0.05) is 27.7 Å². The molecule has 6 aliphatic rings. The van der Waals surface area contributed by atoms with Gasteiger partial charge >= 0.3 is 0 Å². The average Bonchev–Trinajstić information content (AvgIpc) is 3.41. The van der Waals surface area contributed by atoms with Crippen molar-refractivity contribution in [2.75, 3.05) is 19.8 Å². The van der Waals surface area contributed by atoms with Crippen molar-refractivity contribution in [3.63, 3.8) is 0 Å². The summed E-state index contributed by atoms with van der Waals surface area (Å²) in [5.41, 5.74) is 0.449. The Hall–Kier alpha value is 0.0169. The van der Waals surface area contributed by atoms with E-state index in [2.05, 4.69) is 54.6 Å². The fourth-order valence-corrected chi connectivity index (χ4v) is 10.8. The first-order chi connectivity index (χ1) is 16.2. The topological polar surface area (TPSA) is 46.2 Å². The minimum Gasteiger partial charge on any atom is -0.413 e. The molecule has 4 saturated carbocycles. The minimum atomic E-state index is -1.94. The van der Waals surface area contributed by atoms with Crippen LogP contribution in [0, 0.1) is 28.6 Å². The second kappa shape index (κ2) is 7.56. The fraction of sp³-hybridized carbons (Fsp3) is 1.00. The Balaban J connectivity index is 1.38. The van der Waals surface area contributed by atoms with Gasteiger partial charge in [0.1, 0.15) is 5.60 Å². The molecule has 3 spiro atoms. The predicted molar refractivity (Wildman–Crippen MR) is 138 cm³/mol. The summed E-state index contributed by atoms with van der Waals surface area (Å²) in [7, 11) is -1.94. The smallest absolute Gasteiger partial charge is 0.192 e. The van der Waals surface area contributed by atoms with E-state index in [4.69, 9.17) is 23.4 Å². The fourth-order valence-electron chi connectivity index (χ4n) is 9.44. The first-order valence-corrected chi connectivity index (χ1v) is 17.4. The predicted octanol–water partition coefficient (Wildman–Crippen LogP) is 6.66. The zero-order chi connectivity index (χ0) is 25.1. The van der Waals surface area contributed by atoms with Crippen molar-refractivity contribution in [3.8, 4) is 0 Å². The highest BCUT2D eigenvalue weighted by Crippen LogP contribution is 2.75. The van der Waals surface area contributed by atoms with Gasteiger partial charge in [-0.2, -0.15) is 0 Å². The Kier molecular flexibility index (Phi) is 5.47. The average molecular weight is 507 g/mol. The monoisotopic (exact) mass is 506 g/mol. The van der Waals surface area contributed by atoms with Gasteiger partial charge in [-0.05, 0) is 93.2 Å². The molecule has 2 heterocycles. The second-order valence-electron chi connectivity index (χ2n) is 15.3. The first kappa shape index (κ1) is 25.3. The minimum absolute atomic E-state index is 0.196. The molecule has 5 nitrogen and oxygen atoms in total. The second-order valence-corrected chi connectivity index (χ2v) is 20.0. The van der Waals surface area contributed by atoms with E-state index in [9.17, 15) is 0 Å². The summed E-state index contributed by atoms with van der Waals surface area (Å²) >= 11 is 0. The van der Waals surface area contributed by atoms with E-state index in [1.165, 1.54) is 32.1 Å². The van der Waals surface area contributed by atoms with Gasteiger partial charge in [-0.15, -0.1) is 0 Å². The van der Waals surface area contributed by atoms with Crippen molar-refractivity contribution in [1.82, 2.24) is 0 Å². The number of hydrogen-bond acceptors (Lipinski definition) is 5. The third-order valence-corrected chi connectivity index (χ3v) is 16.8. The summed E-state index contributed by atoms with van der Waals surface area (Å²) in [4.78, 5) is 0. The molecule has 0 aromatic rings. The van der Waals surface area contributed by atoms with E-state index < -0.39 is 14.1 Å². The first-order valence-electron chi connectivity index (χ1n) is 14.5. The van der Waals surface area contributed by atoms with Gasteiger partial charge in [-0.3, -0.25) is 0 Å². The molecule has 0 N–H and O–H groups in total. The Morgan fingerprint density at radius 2 is 1.54 bits per heavy atom.